The van der Waals surface area contributed by atoms with Crippen LogP contribution in [0.4, 0.5) is 0 Å². The molecule has 218 valence electrons. The third-order valence-corrected chi connectivity index (χ3v) is 10.7. The van der Waals surface area contributed by atoms with Crippen LogP contribution in [0, 0.1) is 0 Å². The Morgan fingerprint density at radius 2 is 0.694 bits per heavy atom. The first-order valence-electron chi connectivity index (χ1n) is 15.1. The molecule has 0 amide bonds. The average molecular weight is 555 g/mol. The molecule has 0 aromatic rings. The molecule has 0 rings (SSSR count). The van der Waals surface area contributed by atoms with Crippen LogP contribution in [-0.2, 0) is 18.6 Å². The van der Waals surface area contributed by atoms with Crippen molar-refractivity contribution in [3.8, 4) is 0 Å². The van der Waals surface area contributed by atoms with Gasteiger partial charge in [-0.3, -0.25) is 9.13 Å². The summed E-state index contributed by atoms with van der Waals surface area (Å²) in [6.07, 6.45) is 20.6. The van der Waals surface area contributed by atoms with Gasteiger partial charge in [0.05, 0.1) is 0 Å². The van der Waals surface area contributed by atoms with Gasteiger partial charge in [0.15, 0.2) is 0 Å². The summed E-state index contributed by atoms with van der Waals surface area (Å²) >= 11 is 0. The molecule has 0 fully saturated rings. The van der Waals surface area contributed by atoms with Crippen LogP contribution < -0.4 is 0 Å². The lowest BCUT2D eigenvalue weighted by Crippen LogP contribution is -2.03. The molecule has 2 atom stereocenters. The lowest BCUT2D eigenvalue weighted by atomic mass is 10.1. The highest BCUT2D eigenvalue weighted by Crippen LogP contribution is 2.43. The van der Waals surface area contributed by atoms with Crippen LogP contribution in [0.25, 0.3) is 0 Å². The number of rotatable bonds is 29. The molecular weight excluding hydrogens is 494 g/mol. The topological polar surface area (TPSA) is 93.1 Å². The lowest BCUT2D eigenvalue weighted by molar-refractivity contribution is 0.130. The summed E-state index contributed by atoms with van der Waals surface area (Å²) < 4.78 is 35.8. The highest BCUT2D eigenvalue weighted by Gasteiger charge is 2.18. The Labute approximate surface area is 223 Å². The fraction of sp³-hybridized carbons (Fsp3) is 1.00. The van der Waals surface area contributed by atoms with Gasteiger partial charge in [0.1, 0.15) is 0 Å². The number of ether oxygens (including phenoxy) is 2. The fourth-order valence-corrected chi connectivity index (χ4v) is 7.42. The molecule has 0 aliphatic carbocycles. The Kier molecular flexibility index (Phi) is 25.8. The van der Waals surface area contributed by atoms with Crippen LogP contribution in [0.2, 0.25) is 0 Å². The molecule has 8 heteroatoms. The van der Waals surface area contributed by atoms with Gasteiger partial charge in [0.2, 0.25) is 14.7 Å². The van der Waals surface area contributed by atoms with E-state index in [9.17, 15) is 18.9 Å². The molecule has 36 heavy (non-hydrogen) atoms. The molecule has 2 unspecified atom stereocenters. The molecule has 0 heterocycles. The lowest BCUT2D eigenvalue weighted by Gasteiger charge is -2.13. The fourth-order valence-electron chi connectivity index (χ4n) is 4.30. The van der Waals surface area contributed by atoms with E-state index in [1.807, 2.05) is 0 Å². The number of unbranched alkanes of at least 4 members (excludes halogenated alkanes) is 13. The van der Waals surface area contributed by atoms with E-state index in [4.69, 9.17) is 9.47 Å². The number of hydrogen-bond donors (Lipinski definition) is 2. The zero-order chi connectivity index (χ0) is 26.8. The van der Waals surface area contributed by atoms with Gasteiger partial charge in [0.25, 0.3) is 0 Å². The van der Waals surface area contributed by atoms with Crippen molar-refractivity contribution in [2.45, 2.75) is 129 Å². The molecule has 0 aliphatic heterocycles. The van der Waals surface area contributed by atoms with Crippen LogP contribution in [0.1, 0.15) is 129 Å². The molecule has 0 spiro atoms. The predicted molar refractivity (Wildman–Crippen MR) is 155 cm³/mol. The molecule has 0 aliphatic rings. The Balaban J connectivity index is 3.55. The summed E-state index contributed by atoms with van der Waals surface area (Å²) in [5.41, 5.74) is 0. The zero-order valence-electron chi connectivity index (χ0n) is 23.8. The molecule has 0 radical (unpaired) electrons. The van der Waals surface area contributed by atoms with E-state index in [1.54, 1.807) is 0 Å². The first-order chi connectivity index (χ1) is 17.3. The Morgan fingerprint density at radius 3 is 1.08 bits per heavy atom. The van der Waals surface area contributed by atoms with E-state index >= 15 is 0 Å². The highest BCUT2D eigenvalue weighted by atomic mass is 31.2. The van der Waals surface area contributed by atoms with Crippen molar-refractivity contribution < 1.29 is 28.4 Å². The minimum absolute atomic E-state index is 0.330. The van der Waals surface area contributed by atoms with E-state index in [1.165, 1.54) is 64.2 Å². The SMILES string of the molecule is CCCCCCCCOCCCP(=O)(O)CCCCCCP(=O)(O)CCCOCCCCCCCC. The molecule has 0 bridgehead atoms. The van der Waals surface area contributed by atoms with Crippen LogP contribution >= 0.6 is 14.7 Å². The third kappa shape index (κ3) is 27.3. The van der Waals surface area contributed by atoms with Crippen molar-refractivity contribution >= 4 is 14.7 Å². The summed E-state index contributed by atoms with van der Waals surface area (Å²) in [4.78, 5) is 20.3. The summed E-state index contributed by atoms with van der Waals surface area (Å²) in [6.45, 7) is 7.07. The summed E-state index contributed by atoms with van der Waals surface area (Å²) in [6, 6.07) is 0. The second-order valence-corrected chi connectivity index (χ2v) is 15.6. The largest absolute Gasteiger partial charge is 0.381 e. The average Bonchev–Trinajstić information content (AvgIpc) is 2.83. The van der Waals surface area contributed by atoms with Gasteiger partial charge in [-0.25, -0.2) is 0 Å². The molecule has 6 nitrogen and oxygen atoms in total. The van der Waals surface area contributed by atoms with Crippen molar-refractivity contribution in [2.24, 2.45) is 0 Å². The van der Waals surface area contributed by atoms with Gasteiger partial charge < -0.3 is 19.3 Å². The first-order valence-corrected chi connectivity index (χ1v) is 19.2. The van der Waals surface area contributed by atoms with E-state index in [2.05, 4.69) is 13.8 Å². The standard InChI is InChI=1S/C28H60O6P2/c1-3-5-7-9-11-15-21-33-23-19-27-35(29,30)25-17-13-14-18-26-36(31,32)28-20-24-34-22-16-12-10-8-6-4-2/h3-28H2,1-2H3,(H,29,30)(H,31,32). The Bertz CT molecular complexity index is 510. The summed E-state index contributed by atoms with van der Waals surface area (Å²) in [5, 5.41) is 0. The van der Waals surface area contributed by atoms with Gasteiger partial charge >= 0.3 is 0 Å². The van der Waals surface area contributed by atoms with E-state index in [0.717, 1.165) is 38.9 Å². The maximum atomic E-state index is 12.3. The van der Waals surface area contributed by atoms with Crippen LogP contribution in [0.3, 0.4) is 0 Å². The first kappa shape index (κ1) is 36.3. The Morgan fingerprint density at radius 1 is 0.417 bits per heavy atom. The van der Waals surface area contributed by atoms with Gasteiger partial charge in [-0.2, -0.15) is 0 Å². The number of hydrogen-bond acceptors (Lipinski definition) is 4. The van der Waals surface area contributed by atoms with E-state index in [0.29, 0.717) is 63.5 Å². The minimum atomic E-state index is -3.08. The third-order valence-electron chi connectivity index (χ3n) is 6.64. The van der Waals surface area contributed by atoms with Gasteiger partial charge in [-0.15, -0.1) is 0 Å². The van der Waals surface area contributed by atoms with Crippen molar-refractivity contribution in [1.29, 1.82) is 0 Å². The molecule has 2 N–H and O–H groups in total. The van der Waals surface area contributed by atoms with Crippen LogP contribution in [-0.4, -0.2) is 60.9 Å². The predicted octanol–water partition coefficient (Wildman–Crippen LogP) is 8.62. The molecule has 0 saturated carbocycles. The van der Waals surface area contributed by atoms with Gasteiger partial charge in [0, 0.05) is 51.1 Å². The maximum absolute atomic E-state index is 12.3. The molecule has 0 saturated heterocycles. The quantitative estimate of drug-likeness (QED) is 0.0710. The highest BCUT2D eigenvalue weighted by molar-refractivity contribution is 7.58. The van der Waals surface area contributed by atoms with Gasteiger partial charge in [-0.05, 0) is 38.5 Å². The zero-order valence-corrected chi connectivity index (χ0v) is 25.6. The molecule has 0 aromatic heterocycles. The Hall–Kier alpha value is 0.300. The van der Waals surface area contributed by atoms with Crippen molar-refractivity contribution in [1.82, 2.24) is 0 Å². The van der Waals surface area contributed by atoms with Crippen LogP contribution in [0.15, 0.2) is 0 Å². The second-order valence-electron chi connectivity index (χ2n) is 10.5. The smallest absolute Gasteiger partial charge is 0.200 e. The van der Waals surface area contributed by atoms with Gasteiger partial charge in [-0.1, -0.05) is 90.9 Å². The summed E-state index contributed by atoms with van der Waals surface area (Å²) in [5.74, 6) is 0. The minimum Gasteiger partial charge on any atom is -0.381 e. The molecule has 0 aromatic carbocycles. The summed E-state index contributed by atoms with van der Waals surface area (Å²) in [7, 11) is -6.16. The van der Waals surface area contributed by atoms with Crippen molar-refractivity contribution in [3.05, 3.63) is 0 Å². The monoisotopic (exact) mass is 554 g/mol. The van der Waals surface area contributed by atoms with Crippen LogP contribution in [0.5, 0.6) is 0 Å². The van der Waals surface area contributed by atoms with Crippen molar-refractivity contribution in [2.75, 3.05) is 51.1 Å². The van der Waals surface area contributed by atoms with Crippen molar-refractivity contribution in [3.63, 3.8) is 0 Å². The second kappa shape index (κ2) is 25.6. The van der Waals surface area contributed by atoms with E-state index < -0.39 is 14.7 Å². The van der Waals surface area contributed by atoms with E-state index in [-0.39, 0.29) is 0 Å². The molecular formula is C28H60O6P2. The normalized spacial score (nSPS) is 15.1. The maximum Gasteiger partial charge on any atom is 0.200 e.